The molecule has 0 aliphatic heterocycles. The predicted molar refractivity (Wildman–Crippen MR) is 76.8 cm³/mol. The van der Waals surface area contributed by atoms with Crippen LogP contribution in [0.25, 0.3) is 0 Å². The Balaban J connectivity index is 2.00. The van der Waals surface area contributed by atoms with Gasteiger partial charge in [0.15, 0.2) is 0 Å². The Morgan fingerprint density at radius 1 is 1.44 bits per heavy atom. The monoisotopic (exact) mass is 264 g/mol. The first-order valence-electron chi connectivity index (χ1n) is 6.64. The molecule has 1 aromatic carbocycles. The van der Waals surface area contributed by atoms with Crippen molar-refractivity contribution < 1.29 is 5.11 Å². The summed E-state index contributed by atoms with van der Waals surface area (Å²) in [7, 11) is 0. The minimum atomic E-state index is -0.269. The second kappa shape index (κ2) is 5.90. The number of aliphatic hydroxyl groups is 1. The highest BCUT2D eigenvalue weighted by Gasteiger charge is 2.24. The molecule has 0 heterocycles. The second-order valence-corrected chi connectivity index (χ2v) is 6.03. The molecule has 1 aliphatic rings. The first kappa shape index (κ1) is 13.6. The lowest BCUT2D eigenvalue weighted by Crippen LogP contribution is -2.27. The van der Waals surface area contributed by atoms with Crippen LogP contribution in [0.1, 0.15) is 32.3 Å². The van der Waals surface area contributed by atoms with E-state index < -0.39 is 0 Å². The molecule has 3 unspecified atom stereocenters. The van der Waals surface area contributed by atoms with Gasteiger partial charge in [-0.1, -0.05) is 42.3 Å². The number of hydrogen-bond acceptors (Lipinski definition) is 1. The predicted octanol–water partition coefficient (Wildman–Crippen LogP) is 4.24. The van der Waals surface area contributed by atoms with Gasteiger partial charge in [-0.3, -0.25) is 0 Å². The van der Waals surface area contributed by atoms with Crippen LogP contribution in [0, 0.1) is 11.8 Å². The molecule has 1 aromatic rings. The van der Waals surface area contributed by atoms with Crippen molar-refractivity contribution in [2.45, 2.75) is 39.2 Å². The van der Waals surface area contributed by atoms with E-state index in [0.29, 0.717) is 18.3 Å². The van der Waals surface area contributed by atoms with E-state index in [1.54, 1.807) is 0 Å². The Kier molecular flexibility index (Phi) is 4.47. The zero-order chi connectivity index (χ0) is 13.1. The number of aliphatic hydroxyl groups excluding tert-OH is 1. The fourth-order valence-corrected chi connectivity index (χ4v) is 3.17. The van der Waals surface area contributed by atoms with Gasteiger partial charge in [0.2, 0.25) is 0 Å². The van der Waals surface area contributed by atoms with Crippen LogP contribution in [0.2, 0.25) is 5.02 Å². The van der Waals surface area contributed by atoms with Gasteiger partial charge < -0.3 is 5.11 Å². The van der Waals surface area contributed by atoms with E-state index in [1.165, 1.54) is 5.57 Å². The smallest absolute Gasteiger partial charge is 0.0611 e. The second-order valence-electron chi connectivity index (χ2n) is 5.59. The molecule has 2 heteroatoms. The third-order valence-electron chi connectivity index (χ3n) is 3.71. The molecular weight excluding hydrogens is 244 g/mol. The van der Waals surface area contributed by atoms with Gasteiger partial charge in [-0.05, 0) is 55.7 Å². The number of benzene rings is 1. The van der Waals surface area contributed by atoms with E-state index in [4.69, 9.17) is 11.6 Å². The van der Waals surface area contributed by atoms with Crippen LogP contribution in [-0.2, 0) is 6.42 Å². The summed E-state index contributed by atoms with van der Waals surface area (Å²) in [6.07, 6.45) is 4.86. The van der Waals surface area contributed by atoms with Gasteiger partial charge in [0.25, 0.3) is 0 Å². The van der Waals surface area contributed by atoms with Gasteiger partial charge in [0.05, 0.1) is 6.10 Å². The number of hydrogen-bond donors (Lipinski definition) is 1. The van der Waals surface area contributed by atoms with Crippen molar-refractivity contribution in [2.24, 2.45) is 11.8 Å². The van der Waals surface area contributed by atoms with Crippen molar-refractivity contribution in [1.29, 1.82) is 0 Å². The molecule has 2 rings (SSSR count). The third-order valence-corrected chi connectivity index (χ3v) is 3.94. The van der Waals surface area contributed by atoms with Crippen LogP contribution in [-0.4, -0.2) is 11.2 Å². The number of allylic oxidation sites excluding steroid dienone is 2. The van der Waals surface area contributed by atoms with Crippen LogP contribution in [0.3, 0.4) is 0 Å². The van der Waals surface area contributed by atoms with E-state index in [0.717, 1.165) is 23.4 Å². The fraction of sp³-hybridized carbons (Fsp3) is 0.500. The van der Waals surface area contributed by atoms with Crippen LogP contribution in [0.5, 0.6) is 0 Å². The summed E-state index contributed by atoms with van der Waals surface area (Å²) in [5.41, 5.74) is 2.53. The Morgan fingerprint density at radius 2 is 2.22 bits per heavy atom. The van der Waals surface area contributed by atoms with Crippen LogP contribution >= 0.6 is 11.6 Å². The standard InChI is InChI=1S/C16H21ClO/c1-11-6-12(2)8-14(7-11)16(18)10-13-4-3-5-15(17)9-13/h3-6,9,11,14,16,18H,7-8,10H2,1-2H3. The maximum Gasteiger partial charge on any atom is 0.0611 e. The Bertz CT molecular complexity index is 438. The molecule has 1 N–H and O–H groups in total. The maximum absolute atomic E-state index is 10.4. The van der Waals surface area contributed by atoms with Crippen LogP contribution < -0.4 is 0 Å². The average Bonchev–Trinajstić information content (AvgIpc) is 2.27. The Morgan fingerprint density at radius 3 is 2.89 bits per heavy atom. The first-order chi connectivity index (χ1) is 8.54. The molecule has 0 amide bonds. The van der Waals surface area contributed by atoms with Crippen molar-refractivity contribution >= 4 is 11.6 Å². The molecule has 1 aliphatic carbocycles. The van der Waals surface area contributed by atoms with Crippen molar-refractivity contribution in [3.63, 3.8) is 0 Å². The topological polar surface area (TPSA) is 20.2 Å². The quantitative estimate of drug-likeness (QED) is 0.810. The van der Waals surface area contributed by atoms with Crippen LogP contribution in [0.15, 0.2) is 35.9 Å². The lowest BCUT2D eigenvalue weighted by atomic mass is 9.79. The minimum Gasteiger partial charge on any atom is -0.392 e. The summed E-state index contributed by atoms with van der Waals surface area (Å²) in [5.74, 6) is 0.960. The van der Waals surface area contributed by atoms with E-state index in [9.17, 15) is 5.11 Å². The summed E-state index contributed by atoms with van der Waals surface area (Å²) in [6.45, 7) is 4.39. The summed E-state index contributed by atoms with van der Waals surface area (Å²) in [4.78, 5) is 0. The maximum atomic E-state index is 10.4. The normalized spacial score (nSPS) is 25.7. The first-order valence-corrected chi connectivity index (χ1v) is 7.02. The highest BCUT2D eigenvalue weighted by molar-refractivity contribution is 6.30. The summed E-state index contributed by atoms with van der Waals surface area (Å²) in [6, 6.07) is 7.79. The zero-order valence-corrected chi connectivity index (χ0v) is 11.8. The molecule has 1 nitrogen and oxygen atoms in total. The molecule has 0 saturated heterocycles. The van der Waals surface area contributed by atoms with Crippen LogP contribution in [0.4, 0.5) is 0 Å². The van der Waals surface area contributed by atoms with E-state index in [2.05, 4.69) is 19.9 Å². The molecule has 18 heavy (non-hydrogen) atoms. The molecule has 3 atom stereocenters. The fourth-order valence-electron chi connectivity index (χ4n) is 2.96. The lowest BCUT2D eigenvalue weighted by Gasteiger charge is -2.29. The van der Waals surface area contributed by atoms with Gasteiger partial charge in [-0.2, -0.15) is 0 Å². The molecule has 0 fully saturated rings. The molecular formula is C16H21ClO. The van der Waals surface area contributed by atoms with Gasteiger partial charge in [0.1, 0.15) is 0 Å². The number of rotatable bonds is 3. The van der Waals surface area contributed by atoms with E-state index in [1.807, 2.05) is 24.3 Å². The SMILES string of the molecule is CC1=CC(C)CC(C(O)Cc2cccc(Cl)c2)C1. The lowest BCUT2D eigenvalue weighted by molar-refractivity contribution is 0.0932. The van der Waals surface area contributed by atoms with Crippen molar-refractivity contribution in [3.05, 3.63) is 46.5 Å². The summed E-state index contributed by atoms with van der Waals surface area (Å²) < 4.78 is 0. The van der Waals surface area contributed by atoms with E-state index >= 15 is 0 Å². The van der Waals surface area contributed by atoms with Gasteiger partial charge in [0, 0.05) is 5.02 Å². The van der Waals surface area contributed by atoms with Crippen molar-refractivity contribution in [1.82, 2.24) is 0 Å². The van der Waals surface area contributed by atoms with Gasteiger partial charge in [-0.15, -0.1) is 0 Å². The molecule has 0 aromatic heterocycles. The Labute approximate surface area is 114 Å². The molecule has 98 valence electrons. The Hall–Kier alpha value is -0.790. The van der Waals surface area contributed by atoms with Gasteiger partial charge in [-0.25, -0.2) is 0 Å². The van der Waals surface area contributed by atoms with E-state index in [-0.39, 0.29) is 6.10 Å². The molecule has 0 radical (unpaired) electrons. The van der Waals surface area contributed by atoms with Crippen molar-refractivity contribution in [3.8, 4) is 0 Å². The molecule has 0 bridgehead atoms. The average molecular weight is 265 g/mol. The zero-order valence-electron chi connectivity index (χ0n) is 11.1. The highest BCUT2D eigenvalue weighted by Crippen LogP contribution is 2.31. The minimum absolute atomic E-state index is 0.269. The van der Waals surface area contributed by atoms with Gasteiger partial charge >= 0.3 is 0 Å². The summed E-state index contributed by atoms with van der Waals surface area (Å²) >= 11 is 5.97. The largest absolute Gasteiger partial charge is 0.392 e. The highest BCUT2D eigenvalue weighted by atomic mass is 35.5. The summed E-state index contributed by atoms with van der Waals surface area (Å²) in [5, 5.41) is 11.1. The number of halogens is 1. The van der Waals surface area contributed by atoms with Crippen molar-refractivity contribution in [2.75, 3.05) is 0 Å². The molecule has 0 saturated carbocycles. The third kappa shape index (κ3) is 3.60. The molecule has 0 spiro atoms.